The van der Waals surface area contributed by atoms with Crippen LogP contribution in [0.2, 0.25) is 0 Å². The molecule has 23 heavy (non-hydrogen) atoms. The summed E-state index contributed by atoms with van der Waals surface area (Å²) in [5.41, 5.74) is 5.50. The fourth-order valence-corrected chi connectivity index (χ4v) is 4.89. The Labute approximate surface area is 150 Å². The molecule has 0 aliphatic carbocycles. The number of rotatable bonds is 7. The maximum atomic E-state index is 2.36. The smallest absolute Gasteiger partial charge is 0.0628 e. The second kappa shape index (κ2) is 8.30. The highest BCUT2D eigenvalue weighted by Crippen LogP contribution is 2.43. The van der Waals surface area contributed by atoms with Gasteiger partial charge < -0.3 is 0 Å². The van der Waals surface area contributed by atoms with E-state index in [0.29, 0.717) is 0 Å². The summed E-state index contributed by atoms with van der Waals surface area (Å²) >= 11 is 3.97. The van der Waals surface area contributed by atoms with Crippen molar-refractivity contribution in [3.63, 3.8) is 0 Å². The van der Waals surface area contributed by atoms with Gasteiger partial charge in [-0.05, 0) is 62.0 Å². The highest BCUT2D eigenvalue weighted by atomic mass is 32.2. The van der Waals surface area contributed by atoms with E-state index >= 15 is 0 Å². The predicted molar refractivity (Wildman–Crippen MR) is 108 cm³/mol. The first-order valence-corrected chi connectivity index (χ1v) is 10.4. The first kappa shape index (κ1) is 18.5. The van der Waals surface area contributed by atoms with Crippen LogP contribution in [0.1, 0.15) is 49.4 Å². The van der Waals surface area contributed by atoms with E-state index in [1.807, 2.05) is 23.5 Å². The molecule has 0 saturated carbocycles. The Bertz CT molecular complexity index is 611. The van der Waals surface area contributed by atoms with E-state index < -0.39 is 0 Å². The van der Waals surface area contributed by atoms with Gasteiger partial charge in [-0.2, -0.15) is 0 Å². The molecule has 0 saturated heterocycles. The minimum atomic E-state index is 0.0134. The van der Waals surface area contributed by atoms with Crippen LogP contribution >= 0.6 is 23.5 Å². The molecule has 0 bridgehead atoms. The molecule has 0 nitrogen and oxygen atoms in total. The average Bonchev–Trinajstić information content (AvgIpc) is 2.52. The van der Waals surface area contributed by atoms with Gasteiger partial charge in [-0.25, -0.2) is 0 Å². The monoisotopic (exact) mass is 344 g/mol. The van der Waals surface area contributed by atoms with Crippen molar-refractivity contribution in [1.29, 1.82) is 0 Å². The van der Waals surface area contributed by atoms with Gasteiger partial charge >= 0.3 is 0 Å². The first-order valence-electron chi connectivity index (χ1n) is 8.45. The summed E-state index contributed by atoms with van der Waals surface area (Å²) in [6.45, 7) is 11.2. The number of hydrogen-bond donors (Lipinski definition) is 0. The van der Waals surface area contributed by atoms with Crippen LogP contribution in [0.25, 0.3) is 0 Å². The summed E-state index contributed by atoms with van der Waals surface area (Å²) < 4.78 is 0.0134. The van der Waals surface area contributed by atoms with Crippen molar-refractivity contribution in [2.75, 3.05) is 11.5 Å². The van der Waals surface area contributed by atoms with Crippen molar-refractivity contribution in [1.82, 2.24) is 0 Å². The second-order valence-electron chi connectivity index (χ2n) is 6.22. The molecule has 0 N–H and O–H groups in total. The standard InChI is InChI=1S/C21H28S2/c1-6-12-22-20-10-8-18(9-11-20)21(5,23-7-2)19-14-16(3)13-17(4)15-19/h8-11,13-15H,6-7,12H2,1-5H3. The van der Waals surface area contributed by atoms with Crippen molar-refractivity contribution in [2.24, 2.45) is 0 Å². The third-order valence-corrected chi connectivity index (χ3v) is 6.64. The lowest BCUT2D eigenvalue weighted by Gasteiger charge is -2.31. The Balaban J connectivity index is 2.39. The van der Waals surface area contributed by atoms with Gasteiger partial charge in [-0.1, -0.05) is 55.3 Å². The average molecular weight is 345 g/mol. The third-order valence-electron chi connectivity index (χ3n) is 4.08. The van der Waals surface area contributed by atoms with Crippen molar-refractivity contribution in [3.05, 3.63) is 64.7 Å². The molecule has 1 unspecified atom stereocenters. The quantitative estimate of drug-likeness (QED) is 0.505. The predicted octanol–water partition coefficient (Wildman–Crippen LogP) is 6.82. The summed E-state index contributed by atoms with van der Waals surface area (Å²) in [5.74, 6) is 2.30. The Morgan fingerprint density at radius 3 is 2.00 bits per heavy atom. The number of thioether (sulfide) groups is 2. The van der Waals surface area contributed by atoms with Crippen LogP contribution in [0.5, 0.6) is 0 Å². The first-order chi connectivity index (χ1) is 11.0. The van der Waals surface area contributed by atoms with Crippen LogP contribution in [0.3, 0.4) is 0 Å². The molecule has 2 heteroatoms. The second-order valence-corrected chi connectivity index (χ2v) is 9.07. The van der Waals surface area contributed by atoms with Gasteiger partial charge in [-0.3, -0.25) is 0 Å². The zero-order valence-corrected chi connectivity index (χ0v) is 16.6. The highest BCUT2D eigenvalue weighted by molar-refractivity contribution is 8.00. The van der Waals surface area contributed by atoms with E-state index in [4.69, 9.17) is 0 Å². The van der Waals surface area contributed by atoms with E-state index in [1.165, 1.54) is 39.3 Å². The Hall–Kier alpha value is -0.860. The van der Waals surface area contributed by atoms with Crippen LogP contribution in [0.4, 0.5) is 0 Å². The van der Waals surface area contributed by atoms with E-state index in [-0.39, 0.29) is 4.75 Å². The highest BCUT2D eigenvalue weighted by Gasteiger charge is 2.29. The van der Waals surface area contributed by atoms with Crippen LogP contribution in [0.15, 0.2) is 47.4 Å². The zero-order valence-electron chi connectivity index (χ0n) is 15.0. The molecule has 124 valence electrons. The summed E-state index contributed by atoms with van der Waals surface area (Å²) in [6.07, 6.45) is 1.22. The molecule has 0 heterocycles. The van der Waals surface area contributed by atoms with Crippen LogP contribution in [-0.2, 0) is 4.75 Å². The lowest BCUT2D eigenvalue weighted by molar-refractivity contribution is 0.833. The van der Waals surface area contributed by atoms with Crippen molar-refractivity contribution >= 4 is 23.5 Å². The third kappa shape index (κ3) is 4.58. The number of benzene rings is 2. The molecule has 0 spiro atoms. The Morgan fingerprint density at radius 2 is 1.48 bits per heavy atom. The molecule has 1 atom stereocenters. The van der Waals surface area contributed by atoms with E-state index in [2.05, 4.69) is 77.1 Å². The molecular weight excluding hydrogens is 316 g/mol. The molecule has 0 amide bonds. The van der Waals surface area contributed by atoms with Gasteiger partial charge in [0.15, 0.2) is 0 Å². The minimum absolute atomic E-state index is 0.0134. The van der Waals surface area contributed by atoms with E-state index in [1.54, 1.807) is 0 Å². The SMILES string of the molecule is CCCSc1ccc(C(C)(SCC)c2cc(C)cc(C)c2)cc1. The summed E-state index contributed by atoms with van der Waals surface area (Å²) in [7, 11) is 0. The Morgan fingerprint density at radius 1 is 0.870 bits per heavy atom. The molecule has 0 radical (unpaired) electrons. The molecule has 2 rings (SSSR count). The van der Waals surface area contributed by atoms with Gasteiger partial charge in [0, 0.05) is 4.90 Å². The van der Waals surface area contributed by atoms with Gasteiger partial charge in [-0.15, -0.1) is 23.5 Å². The van der Waals surface area contributed by atoms with Gasteiger partial charge in [0.05, 0.1) is 4.75 Å². The van der Waals surface area contributed by atoms with E-state index in [9.17, 15) is 0 Å². The summed E-state index contributed by atoms with van der Waals surface area (Å²) in [6, 6.07) is 16.1. The van der Waals surface area contributed by atoms with Gasteiger partial charge in [0.25, 0.3) is 0 Å². The summed E-state index contributed by atoms with van der Waals surface area (Å²) in [5, 5.41) is 0. The maximum Gasteiger partial charge on any atom is 0.0628 e. The van der Waals surface area contributed by atoms with Crippen molar-refractivity contribution in [2.45, 2.75) is 50.7 Å². The number of hydrogen-bond acceptors (Lipinski definition) is 2. The fourth-order valence-electron chi connectivity index (χ4n) is 2.96. The largest absolute Gasteiger partial charge is 0.146 e. The molecular formula is C21H28S2. The van der Waals surface area contributed by atoms with Crippen LogP contribution in [-0.4, -0.2) is 11.5 Å². The van der Waals surface area contributed by atoms with Crippen molar-refractivity contribution in [3.8, 4) is 0 Å². The lowest BCUT2D eigenvalue weighted by Crippen LogP contribution is -2.20. The normalized spacial score (nSPS) is 13.8. The molecule has 2 aromatic carbocycles. The van der Waals surface area contributed by atoms with Gasteiger partial charge in [0.2, 0.25) is 0 Å². The van der Waals surface area contributed by atoms with Crippen molar-refractivity contribution < 1.29 is 0 Å². The van der Waals surface area contributed by atoms with Crippen LogP contribution in [0, 0.1) is 13.8 Å². The Kier molecular flexibility index (Phi) is 6.67. The lowest BCUT2D eigenvalue weighted by atomic mass is 9.90. The minimum Gasteiger partial charge on any atom is -0.146 e. The molecule has 0 aliphatic rings. The molecule has 0 aliphatic heterocycles. The maximum absolute atomic E-state index is 2.36. The fraction of sp³-hybridized carbons (Fsp3) is 0.429. The van der Waals surface area contributed by atoms with Crippen LogP contribution < -0.4 is 0 Å². The van der Waals surface area contributed by atoms with Gasteiger partial charge in [0.1, 0.15) is 0 Å². The molecule has 0 aromatic heterocycles. The zero-order chi connectivity index (χ0) is 16.9. The molecule has 2 aromatic rings. The summed E-state index contributed by atoms with van der Waals surface area (Å²) in [4.78, 5) is 1.37. The topological polar surface area (TPSA) is 0 Å². The molecule has 0 fully saturated rings. The number of aryl methyl sites for hydroxylation is 2. The van der Waals surface area contributed by atoms with E-state index in [0.717, 1.165) is 5.75 Å².